The third-order valence-corrected chi connectivity index (χ3v) is 7.49. The summed E-state index contributed by atoms with van der Waals surface area (Å²) in [7, 11) is 0. The maximum atomic E-state index is 13.7. The van der Waals surface area contributed by atoms with Crippen LogP contribution in [-0.2, 0) is 22.6 Å². The van der Waals surface area contributed by atoms with Gasteiger partial charge >= 0.3 is 0 Å². The summed E-state index contributed by atoms with van der Waals surface area (Å²) in [6, 6.07) is 8.01. The van der Waals surface area contributed by atoms with Gasteiger partial charge in [-0.1, -0.05) is 45.9 Å². The number of aryl methyl sites for hydroxylation is 1. The van der Waals surface area contributed by atoms with Crippen molar-refractivity contribution in [2.75, 3.05) is 6.54 Å². The van der Waals surface area contributed by atoms with Crippen molar-refractivity contribution in [1.29, 1.82) is 0 Å². The van der Waals surface area contributed by atoms with Crippen LogP contribution in [0.3, 0.4) is 0 Å². The predicted molar refractivity (Wildman–Crippen MR) is 123 cm³/mol. The van der Waals surface area contributed by atoms with E-state index < -0.39 is 0 Å². The van der Waals surface area contributed by atoms with Crippen molar-refractivity contribution in [3.63, 3.8) is 0 Å². The molecule has 5 heteroatoms. The first-order chi connectivity index (χ1) is 14.9. The Morgan fingerprint density at radius 1 is 1.00 bits per heavy atom. The summed E-state index contributed by atoms with van der Waals surface area (Å²) in [6.45, 7) is 10.7. The molecule has 31 heavy (non-hydrogen) atoms. The Morgan fingerprint density at radius 3 is 2.52 bits per heavy atom. The molecule has 3 atom stereocenters. The second kappa shape index (κ2) is 7.68. The highest BCUT2D eigenvalue weighted by atomic mass is 16.2. The van der Waals surface area contributed by atoms with Crippen LogP contribution in [0.2, 0.25) is 0 Å². The Balaban J connectivity index is 1.69. The highest BCUT2D eigenvalue weighted by Crippen LogP contribution is 2.45. The lowest BCUT2D eigenvalue weighted by Gasteiger charge is -2.49. The van der Waals surface area contributed by atoms with Crippen LogP contribution >= 0.6 is 0 Å². The van der Waals surface area contributed by atoms with Crippen molar-refractivity contribution in [3.05, 3.63) is 35.5 Å². The molecule has 2 saturated heterocycles. The standard InChI is InChI=1S/C26H35N3O2/c1-16(2)11-13-27-20-9-6-5-8-18(20)19-15-23-25(30)28-12-7-10-21(28)26(31)29(23)22(24(19)27)14-17(3)4/h5-6,8-9,16-17,21-23H,7,10-15H2,1-4H3/t21-,22-,23+/m0/s1. The molecule has 3 aliphatic heterocycles. The van der Waals surface area contributed by atoms with Gasteiger partial charge in [0.2, 0.25) is 11.8 Å². The van der Waals surface area contributed by atoms with E-state index in [1.54, 1.807) is 0 Å². The van der Waals surface area contributed by atoms with Crippen LogP contribution in [-0.4, -0.2) is 44.8 Å². The Bertz CT molecular complexity index is 1020. The summed E-state index contributed by atoms with van der Waals surface area (Å²) in [5, 5.41) is 1.26. The van der Waals surface area contributed by atoms with Crippen molar-refractivity contribution in [3.8, 4) is 0 Å². The number of benzene rings is 1. The first-order valence-electron chi connectivity index (χ1n) is 12.1. The van der Waals surface area contributed by atoms with Gasteiger partial charge in [-0.3, -0.25) is 9.59 Å². The van der Waals surface area contributed by atoms with Crippen LogP contribution in [0, 0.1) is 11.8 Å². The van der Waals surface area contributed by atoms with E-state index in [0.29, 0.717) is 18.3 Å². The van der Waals surface area contributed by atoms with Gasteiger partial charge in [0, 0.05) is 36.1 Å². The number of hydrogen-bond donors (Lipinski definition) is 0. The zero-order valence-electron chi connectivity index (χ0n) is 19.3. The summed E-state index contributed by atoms with van der Waals surface area (Å²) in [5.74, 6) is 1.40. The number of nitrogens with zero attached hydrogens (tertiary/aromatic N) is 3. The Labute approximate surface area is 185 Å². The molecule has 2 amide bonds. The fraction of sp³-hybridized carbons (Fsp3) is 0.615. The number of carbonyl (C=O) groups is 2. The van der Waals surface area contributed by atoms with Gasteiger partial charge in [0.25, 0.3) is 0 Å². The molecule has 5 rings (SSSR count). The normalized spacial score (nSPS) is 25.5. The van der Waals surface area contributed by atoms with E-state index >= 15 is 0 Å². The van der Waals surface area contributed by atoms with E-state index in [9.17, 15) is 9.59 Å². The van der Waals surface area contributed by atoms with Gasteiger partial charge < -0.3 is 14.4 Å². The third kappa shape index (κ3) is 3.19. The van der Waals surface area contributed by atoms with Gasteiger partial charge in [-0.05, 0) is 49.1 Å². The van der Waals surface area contributed by atoms with E-state index in [1.165, 1.54) is 22.2 Å². The van der Waals surface area contributed by atoms with Crippen molar-refractivity contribution < 1.29 is 9.59 Å². The zero-order valence-corrected chi connectivity index (χ0v) is 19.3. The van der Waals surface area contributed by atoms with E-state index in [1.807, 2.05) is 9.80 Å². The molecule has 2 aromatic rings. The molecule has 1 aromatic heterocycles. The quantitative estimate of drug-likeness (QED) is 0.712. The summed E-state index contributed by atoms with van der Waals surface area (Å²) >= 11 is 0. The van der Waals surface area contributed by atoms with Gasteiger partial charge in [-0.15, -0.1) is 0 Å². The van der Waals surface area contributed by atoms with Gasteiger partial charge in [0.05, 0.1) is 6.04 Å². The lowest BCUT2D eigenvalue weighted by Crippen LogP contribution is -2.65. The second-order valence-electron chi connectivity index (χ2n) is 10.5. The molecule has 0 spiro atoms. The van der Waals surface area contributed by atoms with Gasteiger partial charge in [0.1, 0.15) is 12.1 Å². The smallest absolute Gasteiger partial charge is 0.246 e. The SMILES string of the molecule is CC(C)CCn1c2c(c3ccccc31)C[C@@H]1C(=O)N3CCC[C@H]3C(=O)N1[C@H]2CC(C)C. The third-order valence-electron chi connectivity index (χ3n) is 7.49. The molecule has 5 nitrogen and oxygen atoms in total. The van der Waals surface area contributed by atoms with Crippen molar-refractivity contribution in [1.82, 2.24) is 14.4 Å². The molecule has 0 bridgehead atoms. The molecular formula is C26H35N3O2. The molecule has 0 unspecified atom stereocenters. The number of hydrogen-bond acceptors (Lipinski definition) is 2. The fourth-order valence-electron chi connectivity index (χ4n) is 6.10. The van der Waals surface area contributed by atoms with Crippen LogP contribution in [0.15, 0.2) is 24.3 Å². The van der Waals surface area contributed by atoms with Gasteiger partial charge in [-0.2, -0.15) is 0 Å². The minimum Gasteiger partial charge on any atom is -0.342 e. The second-order valence-corrected chi connectivity index (χ2v) is 10.5. The van der Waals surface area contributed by atoms with Crippen LogP contribution < -0.4 is 0 Å². The summed E-state index contributed by atoms with van der Waals surface area (Å²) < 4.78 is 2.48. The maximum absolute atomic E-state index is 13.7. The van der Waals surface area contributed by atoms with Crippen molar-refractivity contribution in [2.45, 2.75) is 84.5 Å². The number of piperazine rings is 1. The number of carbonyl (C=O) groups excluding carboxylic acids is 2. The topological polar surface area (TPSA) is 45.6 Å². The molecule has 0 radical (unpaired) electrons. The van der Waals surface area contributed by atoms with Gasteiger partial charge in [-0.25, -0.2) is 0 Å². The van der Waals surface area contributed by atoms with E-state index in [0.717, 1.165) is 38.8 Å². The summed E-state index contributed by atoms with van der Waals surface area (Å²) in [5.41, 5.74) is 3.84. The average Bonchev–Trinajstić information content (AvgIpc) is 3.33. The molecular weight excluding hydrogens is 386 g/mol. The minimum atomic E-state index is -0.345. The minimum absolute atomic E-state index is 0.0208. The predicted octanol–water partition coefficient (Wildman–Crippen LogP) is 4.53. The highest BCUT2D eigenvalue weighted by molar-refractivity contribution is 5.99. The van der Waals surface area contributed by atoms with Crippen LogP contribution in [0.25, 0.3) is 10.9 Å². The zero-order chi connectivity index (χ0) is 21.9. The number of para-hydroxylation sites is 1. The number of amides is 2. The number of rotatable bonds is 5. The van der Waals surface area contributed by atoms with Crippen LogP contribution in [0.1, 0.15) is 70.7 Å². The first kappa shape index (κ1) is 20.6. The van der Waals surface area contributed by atoms with E-state index in [-0.39, 0.29) is 29.9 Å². The van der Waals surface area contributed by atoms with Crippen LogP contribution in [0.5, 0.6) is 0 Å². The Morgan fingerprint density at radius 2 is 1.77 bits per heavy atom. The molecule has 0 N–H and O–H groups in total. The Kier molecular flexibility index (Phi) is 5.10. The summed E-state index contributed by atoms with van der Waals surface area (Å²) in [4.78, 5) is 31.1. The average molecular weight is 422 g/mol. The van der Waals surface area contributed by atoms with Crippen LogP contribution in [0.4, 0.5) is 0 Å². The largest absolute Gasteiger partial charge is 0.342 e. The van der Waals surface area contributed by atoms with E-state index in [2.05, 4.69) is 56.5 Å². The highest BCUT2D eigenvalue weighted by Gasteiger charge is 2.53. The first-order valence-corrected chi connectivity index (χ1v) is 12.1. The lowest BCUT2D eigenvalue weighted by atomic mass is 9.84. The monoisotopic (exact) mass is 421 g/mol. The molecule has 0 aliphatic carbocycles. The van der Waals surface area contributed by atoms with Crippen molar-refractivity contribution >= 4 is 22.7 Å². The maximum Gasteiger partial charge on any atom is 0.246 e. The molecule has 2 fully saturated rings. The molecule has 4 heterocycles. The molecule has 0 saturated carbocycles. The lowest BCUT2D eigenvalue weighted by molar-refractivity contribution is -0.163. The Hall–Kier alpha value is -2.30. The van der Waals surface area contributed by atoms with Crippen molar-refractivity contribution in [2.24, 2.45) is 11.8 Å². The fourth-order valence-corrected chi connectivity index (χ4v) is 6.10. The number of aromatic nitrogens is 1. The van der Waals surface area contributed by atoms with Gasteiger partial charge in [0.15, 0.2) is 0 Å². The molecule has 1 aromatic carbocycles. The van der Waals surface area contributed by atoms with E-state index in [4.69, 9.17) is 0 Å². The summed E-state index contributed by atoms with van der Waals surface area (Å²) in [6.07, 6.45) is 4.39. The molecule has 166 valence electrons. The molecule has 3 aliphatic rings. The number of fused-ring (bicyclic) bond motifs is 5.